The Morgan fingerprint density at radius 3 is 2.43 bits per heavy atom. The quantitative estimate of drug-likeness (QED) is 0.793. The van der Waals surface area contributed by atoms with Crippen molar-refractivity contribution in [2.75, 3.05) is 5.32 Å². The van der Waals surface area contributed by atoms with E-state index < -0.39 is 17.9 Å². The topological polar surface area (TPSA) is 58.2 Å². The highest BCUT2D eigenvalue weighted by Crippen LogP contribution is 2.35. The Hall–Kier alpha value is -2.04. The van der Waals surface area contributed by atoms with Gasteiger partial charge in [0.25, 0.3) is 0 Å². The number of hydrogen-bond donors (Lipinski definition) is 2. The molecular formula is C15H10Cl2N2O2. The number of nitrogens with one attached hydrogen (secondary N) is 2. The lowest BCUT2D eigenvalue weighted by molar-refractivity contribution is -0.136. The van der Waals surface area contributed by atoms with E-state index in [1.54, 1.807) is 36.4 Å². The third-order valence-electron chi connectivity index (χ3n) is 3.27. The van der Waals surface area contributed by atoms with E-state index in [9.17, 15) is 9.59 Å². The van der Waals surface area contributed by atoms with Gasteiger partial charge in [-0.3, -0.25) is 9.59 Å². The molecule has 0 fully saturated rings. The van der Waals surface area contributed by atoms with Gasteiger partial charge in [0.1, 0.15) is 0 Å². The summed E-state index contributed by atoms with van der Waals surface area (Å²) in [5.74, 6) is -1.43. The van der Waals surface area contributed by atoms with E-state index in [1.165, 1.54) is 0 Å². The van der Waals surface area contributed by atoms with Crippen LogP contribution in [0.15, 0.2) is 42.5 Å². The van der Waals surface area contributed by atoms with Crippen molar-refractivity contribution in [3.8, 4) is 0 Å². The summed E-state index contributed by atoms with van der Waals surface area (Å²) in [6, 6.07) is 11.6. The monoisotopic (exact) mass is 320 g/mol. The van der Waals surface area contributed by atoms with Gasteiger partial charge in [0.15, 0.2) is 0 Å². The number of carbonyl (C=O) groups excluding carboxylic acids is 2. The van der Waals surface area contributed by atoms with E-state index in [2.05, 4.69) is 10.6 Å². The second-order valence-electron chi connectivity index (χ2n) is 4.61. The van der Waals surface area contributed by atoms with E-state index in [1.807, 2.05) is 6.07 Å². The van der Waals surface area contributed by atoms with E-state index in [-0.39, 0.29) is 0 Å². The summed E-state index contributed by atoms with van der Waals surface area (Å²) >= 11 is 12.2. The van der Waals surface area contributed by atoms with Gasteiger partial charge in [-0.15, -0.1) is 0 Å². The summed E-state index contributed by atoms with van der Waals surface area (Å²) in [6.45, 7) is 0. The zero-order valence-electron chi connectivity index (χ0n) is 10.7. The molecule has 6 heteroatoms. The van der Waals surface area contributed by atoms with Crippen LogP contribution in [0.25, 0.3) is 0 Å². The lowest BCUT2D eigenvalue weighted by atomic mass is 9.97. The Kier molecular flexibility index (Phi) is 3.57. The van der Waals surface area contributed by atoms with Crippen LogP contribution in [-0.2, 0) is 9.59 Å². The summed E-state index contributed by atoms with van der Waals surface area (Å²) in [6.07, 6.45) is 0. The molecule has 1 aliphatic rings. The second-order valence-corrected chi connectivity index (χ2v) is 5.46. The second kappa shape index (κ2) is 5.39. The molecule has 3 rings (SSSR count). The van der Waals surface area contributed by atoms with Gasteiger partial charge in [-0.05, 0) is 29.8 Å². The number of carbonyl (C=O) groups is 2. The van der Waals surface area contributed by atoms with Crippen molar-refractivity contribution < 1.29 is 9.59 Å². The van der Waals surface area contributed by atoms with Gasteiger partial charge in [0.05, 0.1) is 6.04 Å². The molecule has 0 unspecified atom stereocenters. The van der Waals surface area contributed by atoms with Gasteiger partial charge in [-0.1, -0.05) is 41.4 Å². The molecule has 0 aromatic heterocycles. The third kappa shape index (κ3) is 2.60. The summed E-state index contributed by atoms with van der Waals surface area (Å²) in [5.41, 5.74) is 1.93. The molecule has 1 aliphatic heterocycles. The van der Waals surface area contributed by atoms with E-state index in [0.717, 1.165) is 0 Å². The number of anilines is 1. The lowest BCUT2D eigenvalue weighted by Gasteiger charge is -2.19. The predicted octanol–water partition coefficient (Wildman–Crippen LogP) is 3.15. The molecule has 2 aromatic rings. The molecule has 2 N–H and O–H groups in total. The fourth-order valence-corrected chi connectivity index (χ4v) is 2.72. The molecule has 2 amide bonds. The molecule has 0 radical (unpaired) electrons. The first-order valence-electron chi connectivity index (χ1n) is 6.22. The van der Waals surface area contributed by atoms with Crippen molar-refractivity contribution in [2.45, 2.75) is 6.04 Å². The first kappa shape index (κ1) is 13.9. The van der Waals surface area contributed by atoms with Crippen LogP contribution in [0.2, 0.25) is 10.0 Å². The van der Waals surface area contributed by atoms with Gasteiger partial charge in [-0.25, -0.2) is 0 Å². The lowest BCUT2D eigenvalue weighted by Crippen LogP contribution is -2.35. The normalized spacial score (nSPS) is 17.5. The Balaban J connectivity index is 2.20. The zero-order valence-corrected chi connectivity index (χ0v) is 12.2. The summed E-state index contributed by atoms with van der Waals surface area (Å²) in [5, 5.41) is 6.25. The number of halogens is 2. The van der Waals surface area contributed by atoms with Crippen LogP contribution < -0.4 is 10.6 Å². The van der Waals surface area contributed by atoms with Crippen LogP contribution in [0, 0.1) is 0 Å². The molecule has 0 bridgehead atoms. The average Bonchev–Trinajstić information content (AvgIpc) is 2.58. The van der Waals surface area contributed by atoms with Gasteiger partial charge >= 0.3 is 11.8 Å². The first-order valence-corrected chi connectivity index (χ1v) is 6.97. The van der Waals surface area contributed by atoms with Crippen molar-refractivity contribution in [1.29, 1.82) is 0 Å². The molecule has 0 spiro atoms. The summed E-state index contributed by atoms with van der Waals surface area (Å²) in [7, 11) is 0. The van der Waals surface area contributed by atoms with Crippen LogP contribution >= 0.6 is 23.2 Å². The van der Waals surface area contributed by atoms with E-state index >= 15 is 0 Å². The Morgan fingerprint density at radius 1 is 0.905 bits per heavy atom. The smallest absolute Gasteiger partial charge is 0.313 e. The highest BCUT2D eigenvalue weighted by atomic mass is 35.5. The molecule has 1 heterocycles. The van der Waals surface area contributed by atoms with Crippen molar-refractivity contribution in [3.63, 3.8) is 0 Å². The van der Waals surface area contributed by atoms with Crippen molar-refractivity contribution in [1.82, 2.24) is 5.32 Å². The number of fused-ring (bicyclic) bond motifs is 1. The maximum absolute atomic E-state index is 11.9. The first-order chi connectivity index (χ1) is 10.1. The van der Waals surface area contributed by atoms with Crippen LogP contribution in [0.4, 0.5) is 5.69 Å². The largest absolute Gasteiger partial charge is 0.337 e. The van der Waals surface area contributed by atoms with Crippen molar-refractivity contribution in [3.05, 3.63) is 63.6 Å². The van der Waals surface area contributed by atoms with Gasteiger partial charge in [0.2, 0.25) is 0 Å². The Labute approximate surface area is 131 Å². The fraction of sp³-hybridized carbons (Fsp3) is 0.0667. The molecule has 4 nitrogen and oxygen atoms in total. The Morgan fingerprint density at radius 2 is 1.67 bits per heavy atom. The Bertz CT molecular complexity index is 746. The molecule has 21 heavy (non-hydrogen) atoms. The molecular weight excluding hydrogens is 311 g/mol. The third-order valence-corrected chi connectivity index (χ3v) is 3.85. The number of hydrogen-bond acceptors (Lipinski definition) is 2. The maximum Gasteiger partial charge on any atom is 0.313 e. The maximum atomic E-state index is 11.9. The van der Waals surface area contributed by atoms with Gasteiger partial charge in [0, 0.05) is 21.3 Å². The van der Waals surface area contributed by atoms with E-state index in [4.69, 9.17) is 23.2 Å². The van der Waals surface area contributed by atoms with Crippen LogP contribution in [-0.4, -0.2) is 11.8 Å². The van der Waals surface area contributed by atoms with Crippen LogP contribution in [0.1, 0.15) is 17.2 Å². The molecule has 0 aliphatic carbocycles. The summed E-state index contributed by atoms with van der Waals surface area (Å²) < 4.78 is 0. The van der Waals surface area contributed by atoms with E-state index in [0.29, 0.717) is 26.9 Å². The van der Waals surface area contributed by atoms with Crippen LogP contribution in [0.3, 0.4) is 0 Å². The zero-order chi connectivity index (χ0) is 15.0. The molecule has 1 atom stereocenters. The SMILES string of the molecule is O=C1Nc2ccc(Cl)cc2[C@@H](c2ccccc2Cl)NC1=O. The molecule has 2 aromatic carbocycles. The minimum Gasteiger partial charge on any atom is -0.337 e. The standard InChI is InChI=1S/C15H10Cl2N2O2/c16-8-5-6-12-10(7-8)13(19-15(21)14(20)18-12)9-3-1-2-4-11(9)17/h1-7,13H,(H,18,20)(H,19,21)/t13-/m1/s1. The fourth-order valence-electron chi connectivity index (χ4n) is 2.29. The number of rotatable bonds is 1. The average molecular weight is 321 g/mol. The van der Waals surface area contributed by atoms with Crippen molar-refractivity contribution in [2.24, 2.45) is 0 Å². The van der Waals surface area contributed by atoms with Crippen molar-refractivity contribution >= 4 is 40.7 Å². The minimum atomic E-state index is -0.716. The highest BCUT2D eigenvalue weighted by molar-refractivity contribution is 6.40. The number of amides is 2. The molecule has 0 saturated carbocycles. The predicted molar refractivity (Wildman–Crippen MR) is 81.5 cm³/mol. The minimum absolute atomic E-state index is 0.503. The molecule has 0 saturated heterocycles. The molecule has 106 valence electrons. The summed E-state index contributed by atoms with van der Waals surface area (Å²) in [4.78, 5) is 23.6. The van der Waals surface area contributed by atoms with Gasteiger partial charge in [-0.2, -0.15) is 0 Å². The van der Waals surface area contributed by atoms with Crippen LogP contribution in [0.5, 0.6) is 0 Å². The van der Waals surface area contributed by atoms with Gasteiger partial charge < -0.3 is 10.6 Å². The highest BCUT2D eigenvalue weighted by Gasteiger charge is 2.29. The number of benzene rings is 2.